The summed E-state index contributed by atoms with van der Waals surface area (Å²) in [5, 5.41) is 13.0. The third-order valence-electron chi connectivity index (χ3n) is 2.75. The van der Waals surface area contributed by atoms with Crippen molar-refractivity contribution in [3.8, 4) is 0 Å². The Morgan fingerprint density at radius 1 is 1.32 bits per heavy atom. The Hall–Kier alpha value is -2.41. The molecule has 0 aliphatic heterocycles. The van der Waals surface area contributed by atoms with Crippen LogP contribution in [0.1, 0.15) is 5.76 Å². The van der Waals surface area contributed by atoms with Crippen molar-refractivity contribution >= 4 is 27.3 Å². The van der Waals surface area contributed by atoms with Gasteiger partial charge in [-0.3, -0.25) is 14.9 Å². The fourth-order valence-electron chi connectivity index (χ4n) is 1.85. The highest BCUT2D eigenvalue weighted by molar-refractivity contribution is 7.17. The monoisotopic (exact) mass is 276 g/mol. The highest BCUT2D eigenvalue weighted by Gasteiger charge is 2.13. The predicted molar refractivity (Wildman–Crippen MR) is 70.5 cm³/mol. The van der Waals surface area contributed by atoms with Crippen LogP contribution in [0.4, 0.5) is 5.88 Å². The van der Waals surface area contributed by atoms with E-state index in [1.807, 2.05) is 11.4 Å². The van der Waals surface area contributed by atoms with Gasteiger partial charge in [0.1, 0.15) is 10.7 Å². The van der Waals surface area contributed by atoms with Gasteiger partial charge in [-0.1, -0.05) is 0 Å². The number of furan rings is 1. The van der Waals surface area contributed by atoms with Gasteiger partial charge in [0.05, 0.1) is 18.0 Å². The SMILES string of the molecule is O=c1c2ccsc2ccn1Cc1ccc([N+](=O)[O-])o1. The average Bonchev–Trinajstić information content (AvgIpc) is 3.01. The molecule has 3 aromatic rings. The second-order valence-electron chi connectivity index (χ2n) is 3.94. The highest BCUT2D eigenvalue weighted by atomic mass is 32.1. The van der Waals surface area contributed by atoms with E-state index in [9.17, 15) is 14.9 Å². The van der Waals surface area contributed by atoms with Crippen LogP contribution >= 0.6 is 11.3 Å². The van der Waals surface area contributed by atoms with Gasteiger partial charge in [0.15, 0.2) is 0 Å². The zero-order valence-electron chi connectivity index (χ0n) is 9.61. The number of thiophene rings is 1. The van der Waals surface area contributed by atoms with Crippen LogP contribution in [0.2, 0.25) is 0 Å². The third kappa shape index (κ3) is 2.04. The molecule has 3 heterocycles. The number of nitro groups is 1. The van der Waals surface area contributed by atoms with Crippen molar-refractivity contribution in [3.05, 3.63) is 62.1 Å². The lowest BCUT2D eigenvalue weighted by molar-refractivity contribution is -0.402. The number of aromatic nitrogens is 1. The van der Waals surface area contributed by atoms with E-state index in [4.69, 9.17) is 4.42 Å². The van der Waals surface area contributed by atoms with Gasteiger partial charge in [0.25, 0.3) is 5.56 Å². The molecule has 3 rings (SSSR count). The molecule has 0 saturated carbocycles. The molecule has 7 heteroatoms. The average molecular weight is 276 g/mol. The summed E-state index contributed by atoms with van der Waals surface area (Å²) in [6.07, 6.45) is 1.66. The van der Waals surface area contributed by atoms with E-state index < -0.39 is 4.92 Å². The molecule has 19 heavy (non-hydrogen) atoms. The van der Waals surface area contributed by atoms with E-state index >= 15 is 0 Å². The van der Waals surface area contributed by atoms with E-state index in [1.165, 1.54) is 28.0 Å². The van der Waals surface area contributed by atoms with Crippen molar-refractivity contribution in [1.29, 1.82) is 0 Å². The lowest BCUT2D eigenvalue weighted by Crippen LogP contribution is -2.19. The quantitative estimate of drug-likeness (QED) is 0.544. The van der Waals surface area contributed by atoms with Crippen molar-refractivity contribution in [1.82, 2.24) is 4.57 Å². The summed E-state index contributed by atoms with van der Waals surface area (Å²) in [6.45, 7) is 0.179. The van der Waals surface area contributed by atoms with Crippen LogP contribution in [0.25, 0.3) is 10.1 Å². The second kappa shape index (κ2) is 4.36. The summed E-state index contributed by atoms with van der Waals surface area (Å²) >= 11 is 1.50. The number of fused-ring (bicyclic) bond motifs is 1. The molecule has 0 aliphatic rings. The minimum absolute atomic E-state index is 0.127. The van der Waals surface area contributed by atoms with Crippen LogP contribution in [0.3, 0.4) is 0 Å². The molecular weight excluding hydrogens is 268 g/mol. The molecule has 0 atom stereocenters. The lowest BCUT2D eigenvalue weighted by Gasteiger charge is -2.02. The first-order valence-corrected chi connectivity index (χ1v) is 6.33. The van der Waals surface area contributed by atoms with Crippen LogP contribution < -0.4 is 5.56 Å². The molecule has 0 bridgehead atoms. The molecule has 3 aromatic heterocycles. The van der Waals surface area contributed by atoms with Gasteiger partial charge in [0.2, 0.25) is 0 Å². The van der Waals surface area contributed by atoms with Gasteiger partial charge in [0, 0.05) is 10.9 Å². The number of pyridine rings is 1. The zero-order valence-corrected chi connectivity index (χ0v) is 10.4. The molecule has 6 nitrogen and oxygen atoms in total. The molecule has 0 N–H and O–H groups in total. The predicted octanol–water partition coefficient (Wildman–Crippen LogP) is 2.61. The van der Waals surface area contributed by atoms with Crippen molar-refractivity contribution in [2.75, 3.05) is 0 Å². The maximum absolute atomic E-state index is 12.1. The Morgan fingerprint density at radius 2 is 2.16 bits per heavy atom. The summed E-state index contributed by atoms with van der Waals surface area (Å²) in [5.41, 5.74) is -0.127. The van der Waals surface area contributed by atoms with Gasteiger partial charge in [-0.05, 0) is 23.6 Å². The van der Waals surface area contributed by atoms with Crippen molar-refractivity contribution < 1.29 is 9.34 Å². The lowest BCUT2D eigenvalue weighted by atomic mass is 10.3. The van der Waals surface area contributed by atoms with Gasteiger partial charge in [-0.25, -0.2) is 0 Å². The summed E-state index contributed by atoms with van der Waals surface area (Å²) in [5.74, 6) is 0.0584. The molecule has 0 amide bonds. The Bertz CT molecular complexity index is 814. The first-order valence-electron chi connectivity index (χ1n) is 5.45. The smallest absolute Gasteiger partial charge is 0.404 e. The number of nitrogens with zero attached hydrogens (tertiary/aromatic N) is 2. The van der Waals surface area contributed by atoms with Crippen molar-refractivity contribution in [2.24, 2.45) is 0 Å². The summed E-state index contributed by atoms with van der Waals surface area (Å²) in [4.78, 5) is 22.0. The van der Waals surface area contributed by atoms with Crippen LogP contribution in [0.15, 0.2) is 45.1 Å². The molecule has 0 radical (unpaired) electrons. The number of hydrogen-bond acceptors (Lipinski definition) is 5. The van der Waals surface area contributed by atoms with E-state index in [0.29, 0.717) is 11.1 Å². The van der Waals surface area contributed by atoms with Gasteiger partial charge in [-0.15, -0.1) is 11.3 Å². The number of rotatable bonds is 3. The Kier molecular flexibility index (Phi) is 2.68. The highest BCUT2D eigenvalue weighted by Crippen LogP contribution is 2.18. The summed E-state index contributed by atoms with van der Waals surface area (Å²) < 4.78 is 7.43. The maximum atomic E-state index is 12.1. The molecule has 0 aliphatic carbocycles. The minimum atomic E-state index is -0.603. The fraction of sp³-hybridized carbons (Fsp3) is 0.0833. The molecule has 0 fully saturated rings. The normalized spacial score (nSPS) is 10.9. The van der Waals surface area contributed by atoms with E-state index in [2.05, 4.69) is 0 Å². The largest absolute Gasteiger partial charge is 0.433 e. The standard InChI is InChI=1S/C12H8N2O4S/c15-12-9-4-6-19-10(9)3-5-13(12)7-8-1-2-11(18-8)14(16)17/h1-6H,7H2. The molecule has 0 spiro atoms. The molecular formula is C12H8N2O4S. The van der Waals surface area contributed by atoms with E-state index in [0.717, 1.165) is 4.70 Å². The van der Waals surface area contributed by atoms with Gasteiger partial charge < -0.3 is 8.98 Å². The third-order valence-corrected chi connectivity index (χ3v) is 3.63. The van der Waals surface area contributed by atoms with Crippen molar-refractivity contribution in [2.45, 2.75) is 6.54 Å². The Balaban J connectivity index is 1.98. The topological polar surface area (TPSA) is 78.3 Å². The molecule has 0 saturated heterocycles. The minimum Gasteiger partial charge on any atom is -0.404 e. The summed E-state index contributed by atoms with van der Waals surface area (Å²) in [7, 11) is 0. The summed E-state index contributed by atoms with van der Waals surface area (Å²) in [6, 6.07) is 6.40. The Labute approximate surface area is 110 Å². The zero-order chi connectivity index (χ0) is 13.4. The second-order valence-corrected chi connectivity index (χ2v) is 4.89. The molecule has 0 aromatic carbocycles. The van der Waals surface area contributed by atoms with Crippen LogP contribution in [0.5, 0.6) is 0 Å². The molecule has 96 valence electrons. The fourth-order valence-corrected chi connectivity index (χ4v) is 2.62. The Morgan fingerprint density at radius 3 is 2.89 bits per heavy atom. The maximum Gasteiger partial charge on any atom is 0.433 e. The van der Waals surface area contributed by atoms with Gasteiger partial charge in [-0.2, -0.15) is 0 Å². The van der Waals surface area contributed by atoms with Gasteiger partial charge >= 0.3 is 5.88 Å². The van der Waals surface area contributed by atoms with Crippen LogP contribution in [-0.4, -0.2) is 9.49 Å². The first kappa shape index (κ1) is 11.7. The molecule has 0 unspecified atom stereocenters. The van der Waals surface area contributed by atoms with Crippen molar-refractivity contribution in [3.63, 3.8) is 0 Å². The van der Waals surface area contributed by atoms with Crippen LogP contribution in [-0.2, 0) is 6.54 Å². The van der Waals surface area contributed by atoms with Crippen LogP contribution in [0, 0.1) is 10.1 Å². The van der Waals surface area contributed by atoms with E-state index in [-0.39, 0.29) is 18.0 Å². The number of hydrogen-bond donors (Lipinski definition) is 0. The first-order chi connectivity index (χ1) is 9.15. The van der Waals surface area contributed by atoms with E-state index in [1.54, 1.807) is 12.3 Å².